The van der Waals surface area contributed by atoms with Gasteiger partial charge in [0.1, 0.15) is 4.70 Å². The van der Waals surface area contributed by atoms with Crippen LogP contribution in [-0.2, 0) is 13.6 Å². The van der Waals surface area contributed by atoms with E-state index in [1.165, 1.54) is 29.9 Å². The van der Waals surface area contributed by atoms with Gasteiger partial charge < -0.3 is 4.90 Å². The second kappa shape index (κ2) is 6.49. The Labute approximate surface area is 144 Å². The van der Waals surface area contributed by atoms with Gasteiger partial charge in [0.15, 0.2) is 0 Å². The molecule has 1 unspecified atom stereocenters. The highest BCUT2D eigenvalue weighted by Gasteiger charge is 2.23. The van der Waals surface area contributed by atoms with Crippen molar-refractivity contribution in [2.75, 3.05) is 19.6 Å². The molecule has 1 fully saturated rings. The summed E-state index contributed by atoms with van der Waals surface area (Å²) in [4.78, 5) is 19.3. The Kier molecular flexibility index (Phi) is 4.20. The van der Waals surface area contributed by atoms with E-state index < -0.39 is 0 Å². The Bertz CT molecular complexity index is 896. The molecule has 1 aliphatic heterocycles. The van der Waals surface area contributed by atoms with Crippen molar-refractivity contribution in [2.24, 2.45) is 7.05 Å². The van der Waals surface area contributed by atoms with Crippen LogP contribution in [0.5, 0.6) is 0 Å². The number of likely N-dealkylation sites (tertiary alicyclic amines) is 1. The Morgan fingerprint density at radius 1 is 1.33 bits per heavy atom. The van der Waals surface area contributed by atoms with Crippen molar-refractivity contribution in [3.05, 3.63) is 46.1 Å². The number of fused-ring (bicyclic) bond motifs is 1. The zero-order valence-corrected chi connectivity index (χ0v) is 14.6. The lowest BCUT2D eigenvalue weighted by atomic mass is 9.95. The van der Waals surface area contributed by atoms with E-state index in [1.807, 2.05) is 29.4 Å². The van der Waals surface area contributed by atoms with Gasteiger partial charge in [-0.25, -0.2) is 4.98 Å². The largest absolute Gasteiger partial charge is 0.301 e. The first kappa shape index (κ1) is 15.5. The summed E-state index contributed by atoms with van der Waals surface area (Å²) >= 11 is 1.47. The molecule has 6 nitrogen and oxygen atoms in total. The molecule has 1 atom stereocenters. The number of aryl methyl sites for hydroxylation is 1. The van der Waals surface area contributed by atoms with Gasteiger partial charge in [0.25, 0.3) is 5.56 Å². The number of hydrogen-bond donors (Lipinski definition) is 0. The quantitative estimate of drug-likeness (QED) is 0.728. The number of aromatic nitrogens is 4. The van der Waals surface area contributed by atoms with Crippen LogP contribution < -0.4 is 5.56 Å². The van der Waals surface area contributed by atoms with E-state index in [1.54, 1.807) is 10.9 Å². The highest BCUT2D eigenvalue weighted by Crippen LogP contribution is 2.26. The first-order valence-electron chi connectivity index (χ1n) is 8.35. The number of hydrogen-bond acceptors (Lipinski definition) is 5. The molecule has 4 rings (SSSR count). The van der Waals surface area contributed by atoms with E-state index in [0.29, 0.717) is 12.5 Å². The molecule has 0 aliphatic carbocycles. The van der Waals surface area contributed by atoms with Crippen LogP contribution in [-0.4, -0.2) is 43.9 Å². The molecule has 0 spiro atoms. The van der Waals surface area contributed by atoms with Crippen LogP contribution in [0.4, 0.5) is 0 Å². The Morgan fingerprint density at radius 3 is 3.08 bits per heavy atom. The van der Waals surface area contributed by atoms with E-state index in [9.17, 15) is 4.79 Å². The molecule has 4 heterocycles. The van der Waals surface area contributed by atoms with Crippen molar-refractivity contribution >= 4 is 21.6 Å². The first-order chi connectivity index (χ1) is 11.7. The molecule has 0 saturated carbocycles. The van der Waals surface area contributed by atoms with Gasteiger partial charge in [0.05, 0.1) is 11.8 Å². The molecular weight excluding hydrogens is 322 g/mol. The van der Waals surface area contributed by atoms with Crippen LogP contribution in [0, 0.1) is 0 Å². The van der Waals surface area contributed by atoms with Crippen molar-refractivity contribution in [1.82, 2.24) is 24.2 Å². The van der Waals surface area contributed by atoms with Gasteiger partial charge in [-0.3, -0.25) is 14.0 Å². The molecule has 3 aromatic rings. The van der Waals surface area contributed by atoms with E-state index in [0.717, 1.165) is 29.9 Å². The zero-order valence-electron chi connectivity index (χ0n) is 13.8. The van der Waals surface area contributed by atoms with Crippen LogP contribution in [0.1, 0.15) is 24.5 Å². The maximum atomic E-state index is 12.5. The molecule has 1 aliphatic rings. The highest BCUT2D eigenvalue weighted by molar-refractivity contribution is 7.17. The molecule has 0 bridgehead atoms. The van der Waals surface area contributed by atoms with Gasteiger partial charge >= 0.3 is 0 Å². The maximum Gasteiger partial charge on any atom is 0.271 e. The monoisotopic (exact) mass is 343 g/mol. The lowest BCUT2D eigenvalue weighted by molar-refractivity contribution is 0.196. The third kappa shape index (κ3) is 2.89. The fourth-order valence-electron chi connectivity index (χ4n) is 3.57. The minimum absolute atomic E-state index is 0.0789. The molecule has 1 saturated heterocycles. The van der Waals surface area contributed by atoms with Gasteiger partial charge in [-0.05, 0) is 36.9 Å². The fourth-order valence-corrected chi connectivity index (χ4v) is 4.36. The summed E-state index contributed by atoms with van der Waals surface area (Å²) in [6.45, 7) is 3.70. The summed E-state index contributed by atoms with van der Waals surface area (Å²) in [7, 11) is 2.01. The Hall–Kier alpha value is -1.99. The van der Waals surface area contributed by atoms with Crippen LogP contribution in [0.3, 0.4) is 0 Å². The van der Waals surface area contributed by atoms with Crippen LogP contribution in [0.25, 0.3) is 10.2 Å². The number of rotatable bonds is 4. The minimum Gasteiger partial charge on any atom is -0.301 e. The van der Waals surface area contributed by atoms with Gasteiger partial charge in [0.2, 0.25) is 0 Å². The second-order valence-electron chi connectivity index (χ2n) is 6.40. The van der Waals surface area contributed by atoms with Crippen molar-refractivity contribution in [1.29, 1.82) is 0 Å². The smallest absolute Gasteiger partial charge is 0.271 e. The first-order valence-corrected chi connectivity index (χ1v) is 9.23. The van der Waals surface area contributed by atoms with Crippen LogP contribution >= 0.6 is 11.3 Å². The lowest BCUT2D eigenvalue weighted by Crippen LogP contribution is -2.38. The average Bonchev–Trinajstić information content (AvgIpc) is 3.23. The standard InChI is InChI=1S/C17H21N5OS/c1-20-15(4-6-19-20)13-3-2-7-21(11-13)8-9-22-12-18-14-5-10-24-16(14)17(22)23/h4-6,10,12-13H,2-3,7-9,11H2,1H3. The van der Waals surface area contributed by atoms with E-state index in [-0.39, 0.29) is 5.56 Å². The van der Waals surface area contributed by atoms with Crippen molar-refractivity contribution in [3.8, 4) is 0 Å². The lowest BCUT2D eigenvalue weighted by Gasteiger charge is -2.32. The van der Waals surface area contributed by atoms with Gasteiger partial charge in [-0.2, -0.15) is 5.10 Å². The normalized spacial score (nSPS) is 19.1. The van der Waals surface area contributed by atoms with Crippen LogP contribution in [0.15, 0.2) is 34.8 Å². The summed E-state index contributed by atoms with van der Waals surface area (Å²) in [5.41, 5.74) is 2.18. The number of nitrogens with zero attached hydrogens (tertiary/aromatic N) is 5. The summed E-state index contributed by atoms with van der Waals surface area (Å²) < 4.78 is 4.48. The van der Waals surface area contributed by atoms with E-state index in [2.05, 4.69) is 21.0 Å². The molecule has 126 valence electrons. The minimum atomic E-state index is 0.0789. The van der Waals surface area contributed by atoms with Crippen molar-refractivity contribution in [2.45, 2.75) is 25.3 Å². The molecule has 0 radical (unpaired) electrons. The Balaban J connectivity index is 1.44. The molecule has 3 aromatic heterocycles. The SMILES string of the molecule is Cn1nccc1C1CCCN(CCn2cnc3ccsc3c2=O)C1. The molecule has 0 aromatic carbocycles. The topological polar surface area (TPSA) is 56.0 Å². The third-order valence-corrected chi connectivity index (χ3v) is 5.77. The summed E-state index contributed by atoms with van der Waals surface area (Å²) in [6.07, 6.45) is 5.95. The van der Waals surface area contributed by atoms with Gasteiger partial charge in [-0.1, -0.05) is 0 Å². The van der Waals surface area contributed by atoms with Crippen molar-refractivity contribution in [3.63, 3.8) is 0 Å². The van der Waals surface area contributed by atoms with Crippen molar-refractivity contribution < 1.29 is 0 Å². The van der Waals surface area contributed by atoms with Gasteiger partial charge in [-0.15, -0.1) is 11.3 Å². The molecular formula is C17H21N5OS. The highest BCUT2D eigenvalue weighted by atomic mass is 32.1. The summed E-state index contributed by atoms with van der Waals surface area (Å²) in [5.74, 6) is 0.529. The second-order valence-corrected chi connectivity index (χ2v) is 7.31. The van der Waals surface area contributed by atoms with E-state index in [4.69, 9.17) is 0 Å². The molecule has 0 N–H and O–H groups in total. The molecule has 0 amide bonds. The number of piperidine rings is 1. The predicted molar refractivity (Wildman–Crippen MR) is 95.5 cm³/mol. The Morgan fingerprint density at radius 2 is 2.25 bits per heavy atom. The molecule has 24 heavy (non-hydrogen) atoms. The predicted octanol–water partition coefficient (Wildman–Crippen LogP) is 2.07. The van der Waals surface area contributed by atoms with Crippen LogP contribution in [0.2, 0.25) is 0 Å². The van der Waals surface area contributed by atoms with E-state index >= 15 is 0 Å². The maximum absolute atomic E-state index is 12.5. The fraction of sp³-hybridized carbons (Fsp3) is 0.471. The summed E-state index contributed by atoms with van der Waals surface area (Å²) in [5, 5.41) is 6.21. The van der Waals surface area contributed by atoms with Gasteiger partial charge in [0, 0.05) is 44.5 Å². The third-order valence-electron chi connectivity index (χ3n) is 4.88. The molecule has 7 heteroatoms. The zero-order chi connectivity index (χ0) is 16.5. The summed E-state index contributed by atoms with van der Waals surface area (Å²) in [6, 6.07) is 4.02. The average molecular weight is 343 g/mol. The number of thiophene rings is 1.